The van der Waals surface area contributed by atoms with Gasteiger partial charge in [0.05, 0.1) is 24.2 Å². The molecule has 0 atom stereocenters. The van der Waals surface area contributed by atoms with Gasteiger partial charge in [0.2, 0.25) is 0 Å². The predicted octanol–water partition coefficient (Wildman–Crippen LogP) is 3.06. The van der Waals surface area contributed by atoms with Gasteiger partial charge in [-0.05, 0) is 43.2 Å². The SMILES string of the molecule is CCCn1c(=O)c2[nH]c(-c3ccc(N(CCO)C(=O)c4ccc(Cl)nc4)nc3)cc2n(CCC)c1=O. The summed E-state index contributed by atoms with van der Waals surface area (Å²) >= 11 is 5.82. The molecule has 1 amide bonds. The van der Waals surface area contributed by atoms with Crippen LogP contribution in [-0.4, -0.2) is 48.3 Å². The zero-order valence-electron chi connectivity index (χ0n) is 20.1. The van der Waals surface area contributed by atoms with Gasteiger partial charge in [0.25, 0.3) is 11.5 Å². The van der Waals surface area contributed by atoms with Gasteiger partial charge in [0.15, 0.2) is 0 Å². The number of anilines is 1. The monoisotopic (exact) mass is 510 g/mol. The van der Waals surface area contributed by atoms with E-state index in [1.807, 2.05) is 13.8 Å². The number of aromatic nitrogens is 5. The first-order valence-electron chi connectivity index (χ1n) is 11.8. The van der Waals surface area contributed by atoms with Crippen molar-refractivity contribution in [3.05, 3.63) is 74.3 Å². The van der Waals surface area contributed by atoms with Crippen molar-refractivity contribution in [3.8, 4) is 11.3 Å². The Kier molecular flexibility index (Phi) is 7.66. The van der Waals surface area contributed by atoms with Crippen molar-refractivity contribution in [1.29, 1.82) is 0 Å². The molecule has 4 aromatic rings. The van der Waals surface area contributed by atoms with Crippen LogP contribution in [0, 0.1) is 0 Å². The van der Waals surface area contributed by atoms with Crippen LogP contribution in [0.15, 0.2) is 52.3 Å². The van der Waals surface area contributed by atoms with Gasteiger partial charge in [0, 0.05) is 36.7 Å². The van der Waals surface area contributed by atoms with Crippen molar-refractivity contribution in [2.75, 3.05) is 18.1 Å². The summed E-state index contributed by atoms with van der Waals surface area (Å²) in [5.74, 6) is -0.0313. The third-order valence-electron chi connectivity index (χ3n) is 5.78. The fourth-order valence-corrected chi connectivity index (χ4v) is 4.20. The van der Waals surface area contributed by atoms with Crippen molar-refractivity contribution in [2.45, 2.75) is 39.8 Å². The Bertz CT molecular complexity index is 1490. The average Bonchev–Trinajstić information content (AvgIpc) is 3.33. The first-order chi connectivity index (χ1) is 17.4. The Morgan fingerprint density at radius 3 is 2.42 bits per heavy atom. The minimum atomic E-state index is -0.376. The summed E-state index contributed by atoms with van der Waals surface area (Å²) in [6.45, 7) is 4.52. The van der Waals surface area contributed by atoms with Gasteiger partial charge in [-0.3, -0.25) is 23.6 Å². The van der Waals surface area contributed by atoms with E-state index in [2.05, 4.69) is 15.0 Å². The van der Waals surface area contributed by atoms with Crippen LogP contribution in [0.25, 0.3) is 22.3 Å². The van der Waals surface area contributed by atoms with Crippen LogP contribution in [0.4, 0.5) is 5.82 Å². The number of aryl methyl sites for hydroxylation is 1. The average molecular weight is 511 g/mol. The third-order valence-corrected chi connectivity index (χ3v) is 6.01. The topological polar surface area (TPSA) is 126 Å². The van der Waals surface area contributed by atoms with E-state index in [9.17, 15) is 19.5 Å². The van der Waals surface area contributed by atoms with E-state index in [4.69, 9.17) is 11.6 Å². The number of H-pyrrole nitrogens is 1. The molecule has 10 nitrogen and oxygen atoms in total. The lowest BCUT2D eigenvalue weighted by Crippen LogP contribution is -2.39. The van der Waals surface area contributed by atoms with Crippen molar-refractivity contribution < 1.29 is 9.90 Å². The predicted molar refractivity (Wildman–Crippen MR) is 139 cm³/mol. The maximum absolute atomic E-state index is 13.0. The molecular formula is C25H27ClN6O4. The summed E-state index contributed by atoms with van der Waals surface area (Å²) in [5, 5.41) is 9.78. The van der Waals surface area contributed by atoms with Gasteiger partial charge in [-0.25, -0.2) is 14.8 Å². The van der Waals surface area contributed by atoms with E-state index in [0.717, 1.165) is 6.42 Å². The highest BCUT2D eigenvalue weighted by atomic mass is 35.5. The van der Waals surface area contributed by atoms with Crippen LogP contribution >= 0.6 is 11.6 Å². The van der Waals surface area contributed by atoms with Gasteiger partial charge in [-0.1, -0.05) is 25.4 Å². The molecule has 4 rings (SSSR count). The molecule has 11 heteroatoms. The van der Waals surface area contributed by atoms with Crippen LogP contribution in [0.3, 0.4) is 0 Å². The molecule has 0 radical (unpaired) electrons. The molecule has 0 unspecified atom stereocenters. The molecule has 2 N–H and O–H groups in total. The number of aromatic amines is 1. The van der Waals surface area contributed by atoms with E-state index in [-0.39, 0.29) is 35.5 Å². The first-order valence-corrected chi connectivity index (χ1v) is 12.1. The molecule has 4 heterocycles. The Balaban J connectivity index is 1.72. The maximum Gasteiger partial charge on any atom is 0.331 e. The number of aliphatic hydroxyl groups is 1. The second-order valence-electron chi connectivity index (χ2n) is 8.29. The van der Waals surface area contributed by atoms with Gasteiger partial charge >= 0.3 is 5.69 Å². The molecule has 0 spiro atoms. The maximum atomic E-state index is 13.0. The van der Waals surface area contributed by atoms with Crippen LogP contribution in [0.1, 0.15) is 37.0 Å². The third kappa shape index (κ3) is 4.82. The molecule has 0 aliphatic carbocycles. The molecule has 36 heavy (non-hydrogen) atoms. The summed E-state index contributed by atoms with van der Waals surface area (Å²) < 4.78 is 2.89. The number of fused-ring (bicyclic) bond motifs is 1. The van der Waals surface area contributed by atoms with E-state index >= 15 is 0 Å². The number of hydrogen-bond donors (Lipinski definition) is 2. The highest BCUT2D eigenvalue weighted by Crippen LogP contribution is 2.24. The highest BCUT2D eigenvalue weighted by molar-refractivity contribution is 6.29. The fraction of sp³-hybridized carbons (Fsp3) is 0.320. The quantitative estimate of drug-likeness (QED) is 0.333. The smallest absolute Gasteiger partial charge is 0.331 e. The largest absolute Gasteiger partial charge is 0.395 e. The lowest BCUT2D eigenvalue weighted by Gasteiger charge is -2.21. The van der Waals surface area contributed by atoms with Crippen LogP contribution in [0.5, 0.6) is 0 Å². The number of amides is 1. The number of carbonyl (C=O) groups is 1. The number of aliphatic hydroxyl groups excluding tert-OH is 1. The van der Waals surface area contributed by atoms with E-state index in [1.54, 1.807) is 35.0 Å². The molecule has 0 fully saturated rings. The number of carbonyl (C=O) groups excluding carboxylic acids is 1. The van der Waals surface area contributed by atoms with Gasteiger partial charge in [-0.15, -0.1) is 0 Å². The zero-order valence-corrected chi connectivity index (χ0v) is 20.8. The minimum Gasteiger partial charge on any atom is -0.395 e. The number of rotatable bonds is 9. The Morgan fingerprint density at radius 1 is 1.06 bits per heavy atom. The van der Waals surface area contributed by atoms with Crippen LogP contribution in [0.2, 0.25) is 5.15 Å². The molecule has 0 bridgehead atoms. The number of halogens is 1. The molecule has 0 saturated heterocycles. The number of nitrogens with zero attached hydrogens (tertiary/aromatic N) is 5. The molecule has 0 aliphatic heterocycles. The highest BCUT2D eigenvalue weighted by Gasteiger charge is 2.20. The minimum absolute atomic E-state index is 0.0421. The number of hydrogen-bond acceptors (Lipinski definition) is 6. The fourth-order valence-electron chi connectivity index (χ4n) is 4.09. The van der Waals surface area contributed by atoms with Crippen molar-refractivity contribution in [3.63, 3.8) is 0 Å². The van der Waals surface area contributed by atoms with E-state index in [0.29, 0.717) is 53.2 Å². The second-order valence-corrected chi connectivity index (χ2v) is 8.68. The lowest BCUT2D eigenvalue weighted by atomic mass is 10.2. The zero-order chi connectivity index (χ0) is 25.8. The number of pyridine rings is 2. The van der Waals surface area contributed by atoms with Crippen molar-refractivity contribution in [2.24, 2.45) is 0 Å². The molecular weight excluding hydrogens is 484 g/mol. The van der Waals surface area contributed by atoms with Gasteiger partial charge < -0.3 is 10.1 Å². The summed E-state index contributed by atoms with van der Waals surface area (Å²) in [5.41, 5.74) is 1.86. The van der Waals surface area contributed by atoms with Crippen molar-refractivity contribution in [1.82, 2.24) is 24.1 Å². The molecule has 0 aliphatic rings. The summed E-state index contributed by atoms with van der Waals surface area (Å²) in [7, 11) is 0. The summed E-state index contributed by atoms with van der Waals surface area (Å²) in [4.78, 5) is 51.8. The summed E-state index contributed by atoms with van der Waals surface area (Å²) in [6, 6.07) is 8.27. The molecule has 0 aromatic carbocycles. The molecule has 188 valence electrons. The van der Waals surface area contributed by atoms with E-state index < -0.39 is 0 Å². The van der Waals surface area contributed by atoms with Crippen molar-refractivity contribution >= 4 is 34.4 Å². The molecule has 4 aromatic heterocycles. The Hall–Kier alpha value is -3.76. The lowest BCUT2D eigenvalue weighted by molar-refractivity contribution is 0.0980. The van der Waals surface area contributed by atoms with Gasteiger partial charge in [-0.2, -0.15) is 0 Å². The second kappa shape index (κ2) is 10.9. The van der Waals surface area contributed by atoms with Crippen LogP contribution in [-0.2, 0) is 13.1 Å². The Labute approximate surface area is 211 Å². The van der Waals surface area contributed by atoms with Crippen LogP contribution < -0.4 is 16.1 Å². The van der Waals surface area contributed by atoms with E-state index in [1.165, 1.54) is 21.7 Å². The normalized spacial score (nSPS) is 11.2. The standard InChI is InChI=1S/C25H27ClN6O4/c1-3-9-30-19-13-18(29-22(19)24(35)32(10-4-2)25(30)36)16-6-8-21(28-14-16)31(11-12-33)23(34)17-5-7-20(26)27-15-17/h5-8,13-15,29,33H,3-4,9-12H2,1-2H3. The summed E-state index contributed by atoms with van der Waals surface area (Å²) in [6.07, 6.45) is 4.36. The van der Waals surface area contributed by atoms with Gasteiger partial charge in [0.1, 0.15) is 16.5 Å². The Morgan fingerprint density at radius 2 is 1.81 bits per heavy atom. The first kappa shape index (κ1) is 25.3. The molecule has 0 saturated carbocycles. The number of nitrogens with one attached hydrogen (secondary N) is 1.